The van der Waals surface area contributed by atoms with Gasteiger partial charge in [0.1, 0.15) is 0 Å². The van der Waals surface area contributed by atoms with Crippen molar-refractivity contribution in [3.8, 4) is 0 Å². The van der Waals surface area contributed by atoms with E-state index in [1.165, 1.54) is 17.0 Å². The Bertz CT molecular complexity index is 399. The van der Waals surface area contributed by atoms with Crippen LogP contribution in [0, 0.1) is 0 Å². The van der Waals surface area contributed by atoms with Gasteiger partial charge in [0, 0.05) is 31.0 Å². The van der Waals surface area contributed by atoms with Crippen molar-refractivity contribution >= 4 is 12.2 Å². The van der Waals surface area contributed by atoms with Gasteiger partial charge in [-0.05, 0) is 31.7 Å². The SMILES string of the molecule is C=Cc1cc2n(c1/C=C\C)CCN(C)C2. The van der Waals surface area contributed by atoms with Gasteiger partial charge in [-0.15, -0.1) is 0 Å². The largest absolute Gasteiger partial charge is 0.342 e. The quantitative estimate of drug-likeness (QED) is 0.715. The van der Waals surface area contributed by atoms with Gasteiger partial charge in [0.15, 0.2) is 0 Å². The van der Waals surface area contributed by atoms with Crippen LogP contribution in [0.15, 0.2) is 18.7 Å². The molecule has 0 aliphatic carbocycles. The van der Waals surface area contributed by atoms with Gasteiger partial charge in [0.25, 0.3) is 0 Å². The number of allylic oxidation sites excluding steroid dienone is 1. The highest BCUT2D eigenvalue weighted by Crippen LogP contribution is 2.22. The van der Waals surface area contributed by atoms with Crippen LogP contribution in [0.1, 0.15) is 23.9 Å². The topological polar surface area (TPSA) is 8.17 Å². The standard InChI is InChI=1S/C13H18N2/c1-4-6-13-11(5-2)9-12-10-14(3)7-8-15(12)13/h4-6,9H,2,7-8,10H2,1,3H3/b6-4-. The Morgan fingerprint density at radius 1 is 1.40 bits per heavy atom. The Kier molecular flexibility index (Phi) is 2.78. The Hall–Kier alpha value is -1.28. The lowest BCUT2D eigenvalue weighted by molar-refractivity contribution is 0.269. The Morgan fingerprint density at radius 2 is 2.20 bits per heavy atom. The first kappa shape index (κ1) is 10.2. The van der Waals surface area contributed by atoms with Gasteiger partial charge in [-0.2, -0.15) is 0 Å². The average Bonchev–Trinajstić information content (AvgIpc) is 2.56. The van der Waals surface area contributed by atoms with E-state index in [1.54, 1.807) is 0 Å². The maximum atomic E-state index is 3.88. The summed E-state index contributed by atoms with van der Waals surface area (Å²) in [4.78, 5) is 2.35. The molecule has 0 spiro atoms. The fourth-order valence-electron chi connectivity index (χ4n) is 2.17. The summed E-state index contributed by atoms with van der Waals surface area (Å²) in [5, 5.41) is 0. The number of hydrogen-bond donors (Lipinski definition) is 0. The molecule has 1 aromatic heterocycles. The molecule has 15 heavy (non-hydrogen) atoms. The van der Waals surface area contributed by atoms with Crippen LogP contribution in [0.3, 0.4) is 0 Å². The highest BCUT2D eigenvalue weighted by Gasteiger charge is 2.17. The van der Waals surface area contributed by atoms with Gasteiger partial charge in [0.2, 0.25) is 0 Å². The highest BCUT2D eigenvalue weighted by atomic mass is 15.2. The van der Waals surface area contributed by atoms with E-state index in [0.29, 0.717) is 0 Å². The predicted octanol–water partition coefficient (Wildman–Crippen LogP) is 2.61. The number of rotatable bonds is 2. The summed E-state index contributed by atoms with van der Waals surface area (Å²) in [7, 11) is 2.17. The summed E-state index contributed by atoms with van der Waals surface area (Å²) in [5.74, 6) is 0. The fraction of sp³-hybridized carbons (Fsp3) is 0.385. The van der Waals surface area contributed by atoms with E-state index in [9.17, 15) is 0 Å². The zero-order valence-corrected chi connectivity index (χ0v) is 9.53. The molecular weight excluding hydrogens is 184 g/mol. The first-order valence-corrected chi connectivity index (χ1v) is 5.42. The molecule has 2 heterocycles. The van der Waals surface area contributed by atoms with Gasteiger partial charge in [0.05, 0.1) is 0 Å². The average molecular weight is 202 g/mol. The summed E-state index contributed by atoms with van der Waals surface area (Å²) in [6.07, 6.45) is 6.21. The van der Waals surface area contributed by atoms with Crippen LogP contribution in [-0.2, 0) is 13.1 Å². The van der Waals surface area contributed by atoms with E-state index in [0.717, 1.165) is 19.6 Å². The summed E-state index contributed by atoms with van der Waals surface area (Å²) in [6.45, 7) is 9.18. The first-order chi connectivity index (χ1) is 7.26. The molecular formula is C13H18N2. The minimum absolute atomic E-state index is 1.04. The van der Waals surface area contributed by atoms with Crippen molar-refractivity contribution in [2.24, 2.45) is 0 Å². The zero-order valence-electron chi connectivity index (χ0n) is 9.53. The van der Waals surface area contributed by atoms with E-state index in [2.05, 4.69) is 48.2 Å². The first-order valence-electron chi connectivity index (χ1n) is 5.42. The molecule has 0 N–H and O–H groups in total. The lowest BCUT2D eigenvalue weighted by Gasteiger charge is -2.25. The number of aromatic nitrogens is 1. The van der Waals surface area contributed by atoms with Crippen LogP contribution >= 0.6 is 0 Å². The molecule has 0 aromatic carbocycles. The van der Waals surface area contributed by atoms with Gasteiger partial charge in [-0.3, -0.25) is 4.90 Å². The van der Waals surface area contributed by atoms with Crippen LogP contribution in [0.2, 0.25) is 0 Å². The lowest BCUT2D eigenvalue weighted by atomic mass is 10.2. The van der Waals surface area contributed by atoms with Gasteiger partial charge >= 0.3 is 0 Å². The molecule has 2 heteroatoms. The third-order valence-corrected chi connectivity index (χ3v) is 2.94. The molecule has 1 aromatic rings. The Morgan fingerprint density at radius 3 is 2.87 bits per heavy atom. The normalized spacial score (nSPS) is 16.9. The lowest BCUT2D eigenvalue weighted by Crippen LogP contribution is -2.30. The monoisotopic (exact) mass is 202 g/mol. The molecule has 0 atom stereocenters. The van der Waals surface area contributed by atoms with Crippen LogP contribution in [-0.4, -0.2) is 23.1 Å². The van der Waals surface area contributed by atoms with Crippen molar-refractivity contribution in [3.63, 3.8) is 0 Å². The number of hydrogen-bond acceptors (Lipinski definition) is 1. The third-order valence-electron chi connectivity index (χ3n) is 2.94. The van der Waals surface area contributed by atoms with E-state index in [4.69, 9.17) is 0 Å². The van der Waals surface area contributed by atoms with Crippen LogP contribution < -0.4 is 0 Å². The van der Waals surface area contributed by atoms with E-state index in [1.807, 2.05) is 6.08 Å². The van der Waals surface area contributed by atoms with Crippen LogP contribution in [0.4, 0.5) is 0 Å². The predicted molar refractivity (Wildman–Crippen MR) is 65.6 cm³/mol. The second-order valence-corrected chi connectivity index (χ2v) is 4.07. The van der Waals surface area contributed by atoms with Gasteiger partial charge in [-0.1, -0.05) is 18.7 Å². The van der Waals surface area contributed by atoms with Crippen molar-refractivity contribution in [1.82, 2.24) is 9.47 Å². The molecule has 80 valence electrons. The van der Waals surface area contributed by atoms with Crippen LogP contribution in [0.25, 0.3) is 12.2 Å². The van der Waals surface area contributed by atoms with Crippen molar-refractivity contribution in [3.05, 3.63) is 35.7 Å². The molecule has 0 unspecified atom stereocenters. The van der Waals surface area contributed by atoms with E-state index >= 15 is 0 Å². The number of fused-ring (bicyclic) bond motifs is 1. The van der Waals surface area contributed by atoms with Gasteiger partial charge < -0.3 is 4.57 Å². The number of nitrogens with zero attached hydrogens (tertiary/aromatic N) is 2. The molecule has 0 bridgehead atoms. The molecule has 2 nitrogen and oxygen atoms in total. The van der Waals surface area contributed by atoms with Crippen molar-refractivity contribution in [2.75, 3.05) is 13.6 Å². The molecule has 2 rings (SSSR count). The summed E-state index contributed by atoms with van der Waals surface area (Å²) in [6, 6.07) is 2.25. The summed E-state index contributed by atoms with van der Waals surface area (Å²) in [5.41, 5.74) is 3.95. The molecule has 0 radical (unpaired) electrons. The maximum absolute atomic E-state index is 3.88. The Balaban J connectivity index is 2.48. The summed E-state index contributed by atoms with van der Waals surface area (Å²) < 4.78 is 2.40. The molecule has 1 aliphatic heterocycles. The van der Waals surface area contributed by atoms with Crippen molar-refractivity contribution in [2.45, 2.75) is 20.0 Å². The fourth-order valence-corrected chi connectivity index (χ4v) is 2.17. The van der Waals surface area contributed by atoms with Gasteiger partial charge in [-0.25, -0.2) is 0 Å². The Labute approximate surface area is 91.5 Å². The zero-order chi connectivity index (χ0) is 10.8. The second-order valence-electron chi connectivity index (χ2n) is 4.07. The molecule has 1 aliphatic rings. The van der Waals surface area contributed by atoms with E-state index < -0.39 is 0 Å². The van der Waals surface area contributed by atoms with Crippen molar-refractivity contribution < 1.29 is 0 Å². The molecule has 0 amide bonds. The molecule has 0 saturated heterocycles. The second kappa shape index (κ2) is 4.07. The van der Waals surface area contributed by atoms with E-state index in [-0.39, 0.29) is 0 Å². The van der Waals surface area contributed by atoms with Crippen molar-refractivity contribution in [1.29, 1.82) is 0 Å². The number of likely N-dealkylation sites (N-methyl/N-ethyl adjacent to an activating group) is 1. The molecule has 0 fully saturated rings. The minimum Gasteiger partial charge on any atom is -0.342 e. The maximum Gasteiger partial charge on any atom is 0.0479 e. The molecule has 0 saturated carbocycles. The highest BCUT2D eigenvalue weighted by molar-refractivity contribution is 5.63. The third kappa shape index (κ3) is 1.77. The van der Waals surface area contributed by atoms with Crippen LogP contribution in [0.5, 0.6) is 0 Å². The summed E-state index contributed by atoms with van der Waals surface area (Å²) >= 11 is 0. The minimum atomic E-state index is 1.04. The smallest absolute Gasteiger partial charge is 0.0479 e.